The number of ether oxygens (including phenoxy) is 2. The van der Waals surface area contributed by atoms with Gasteiger partial charge in [-0.1, -0.05) is 19.8 Å². The van der Waals surface area contributed by atoms with Gasteiger partial charge >= 0.3 is 11.9 Å². The van der Waals surface area contributed by atoms with Gasteiger partial charge in [0.2, 0.25) is 0 Å². The van der Waals surface area contributed by atoms with Crippen LogP contribution in [0.2, 0.25) is 38.3 Å². The highest BCUT2D eigenvalue weighted by Gasteiger charge is 2.31. The van der Waals surface area contributed by atoms with Crippen molar-refractivity contribution in [3.63, 3.8) is 0 Å². The van der Waals surface area contributed by atoms with Gasteiger partial charge in [-0.05, 0) is 44.7 Å². The zero-order valence-electron chi connectivity index (χ0n) is 16.3. The maximum Gasteiger partial charge on any atom is 0.331 e. The fourth-order valence-corrected chi connectivity index (χ4v) is 11.5. The van der Waals surface area contributed by atoms with Crippen LogP contribution in [0.4, 0.5) is 0 Å². The molecule has 0 aromatic heterocycles. The molecule has 1 N–H and O–H groups in total. The van der Waals surface area contributed by atoms with E-state index in [1.54, 1.807) is 0 Å². The number of unbranched alkanes of at least 4 members (excludes halogenated alkanes) is 1. The van der Waals surface area contributed by atoms with Gasteiger partial charge in [-0.25, -0.2) is 9.59 Å². The summed E-state index contributed by atoms with van der Waals surface area (Å²) in [5, 5.41) is 8.39. The molecule has 0 aliphatic carbocycles. The topological polar surface area (TPSA) is 82.1 Å². The molecule has 0 aromatic rings. The van der Waals surface area contributed by atoms with Gasteiger partial charge in [0.05, 0.1) is 6.61 Å². The Morgan fingerprint density at radius 2 is 1.52 bits per heavy atom. The first-order valence-electron chi connectivity index (χ1n) is 8.94. The Bertz CT molecular complexity index is 435. The van der Waals surface area contributed by atoms with Crippen molar-refractivity contribution in [1.82, 2.24) is 0 Å². The molecule has 0 rings (SSSR count). The Morgan fingerprint density at radius 3 is 2.08 bits per heavy atom. The summed E-state index contributed by atoms with van der Waals surface area (Å²) in [5.41, 5.74) is 0. The van der Waals surface area contributed by atoms with Gasteiger partial charge in [0.15, 0.2) is 16.6 Å². The van der Waals surface area contributed by atoms with E-state index in [0.29, 0.717) is 13.2 Å². The lowest BCUT2D eigenvalue weighted by Crippen LogP contribution is -2.44. The van der Waals surface area contributed by atoms with Crippen molar-refractivity contribution < 1.29 is 28.3 Å². The molecule has 0 aliphatic heterocycles. The maximum absolute atomic E-state index is 11.1. The maximum atomic E-state index is 11.1. The van der Waals surface area contributed by atoms with E-state index >= 15 is 0 Å². The van der Waals surface area contributed by atoms with Gasteiger partial charge in [0, 0.05) is 18.8 Å². The molecule has 0 saturated carbocycles. The largest absolute Gasteiger partial charge is 0.478 e. The Morgan fingerprint density at radius 1 is 0.920 bits per heavy atom. The number of carbonyl (C=O) groups excluding carboxylic acids is 1. The monoisotopic (exact) mass is 390 g/mol. The Kier molecular flexibility index (Phi) is 11.9. The first kappa shape index (κ1) is 24.0. The van der Waals surface area contributed by atoms with Crippen molar-refractivity contribution in [2.24, 2.45) is 0 Å². The van der Waals surface area contributed by atoms with Crippen molar-refractivity contribution >= 4 is 28.6 Å². The van der Waals surface area contributed by atoms with E-state index in [1.807, 2.05) is 0 Å². The summed E-state index contributed by atoms with van der Waals surface area (Å²) in [6.07, 6.45) is 5.03. The molecule has 0 amide bonds. The molecule has 6 nitrogen and oxygen atoms in total. The standard InChI is InChI=1S/C17H34O6Si2/c1-6-7-14-24(2,3)23-25(4,5)15-8-11-21-12-13-22-17(20)10-9-16(18)19/h9-10H,6-8,11-15H2,1-5H3,(H,18,19)/b10-9-. The molecular formula is C17H34O6Si2. The van der Waals surface area contributed by atoms with Crippen LogP contribution in [-0.4, -0.2) is 53.5 Å². The molecule has 0 aromatic carbocycles. The molecule has 0 radical (unpaired) electrons. The number of aliphatic carboxylic acids is 1. The summed E-state index contributed by atoms with van der Waals surface area (Å²) in [4.78, 5) is 21.4. The molecule has 0 saturated heterocycles. The van der Waals surface area contributed by atoms with Crippen LogP contribution < -0.4 is 0 Å². The van der Waals surface area contributed by atoms with Gasteiger partial charge < -0.3 is 18.7 Å². The highest BCUT2D eigenvalue weighted by atomic mass is 28.4. The number of carbonyl (C=O) groups is 2. The van der Waals surface area contributed by atoms with Gasteiger partial charge in [-0.2, -0.15) is 0 Å². The van der Waals surface area contributed by atoms with Crippen molar-refractivity contribution in [2.75, 3.05) is 19.8 Å². The lowest BCUT2D eigenvalue weighted by Gasteiger charge is -2.34. The minimum absolute atomic E-state index is 0.122. The first-order chi connectivity index (χ1) is 11.6. The second kappa shape index (κ2) is 12.4. The third-order valence-electron chi connectivity index (χ3n) is 3.59. The Hall–Kier alpha value is -0.966. The fourth-order valence-electron chi connectivity index (χ4n) is 2.54. The number of hydrogen-bond donors (Lipinski definition) is 1. The van der Waals surface area contributed by atoms with E-state index in [9.17, 15) is 9.59 Å². The van der Waals surface area contributed by atoms with E-state index in [4.69, 9.17) is 18.7 Å². The van der Waals surface area contributed by atoms with Crippen LogP contribution in [0.15, 0.2) is 12.2 Å². The third kappa shape index (κ3) is 15.0. The average Bonchev–Trinajstić information content (AvgIpc) is 2.49. The van der Waals surface area contributed by atoms with E-state index in [1.165, 1.54) is 18.9 Å². The molecule has 0 bridgehead atoms. The minimum Gasteiger partial charge on any atom is -0.478 e. The van der Waals surface area contributed by atoms with Crippen molar-refractivity contribution in [2.45, 2.75) is 64.5 Å². The summed E-state index contributed by atoms with van der Waals surface area (Å²) >= 11 is 0. The van der Waals surface area contributed by atoms with Crippen molar-refractivity contribution in [1.29, 1.82) is 0 Å². The number of rotatable bonds is 14. The summed E-state index contributed by atoms with van der Waals surface area (Å²) in [6, 6.07) is 2.27. The molecule has 146 valence electrons. The smallest absolute Gasteiger partial charge is 0.331 e. The molecule has 0 fully saturated rings. The molecule has 0 spiro atoms. The second-order valence-electron chi connectivity index (χ2n) is 7.28. The summed E-state index contributed by atoms with van der Waals surface area (Å²) in [7, 11) is -3.22. The third-order valence-corrected chi connectivity index (χ3v) is 11.1. The van der Waals surface area contributed by atoms with Crippen LogP contribution in [0, 0.1) is 0 Å². The van der Waals surface area contributed by atoms with E-state index in [-0.39, 0.29) is 6.61 Å². The van der Waals surface area contributed by atoms with Crippen LogP contribution in [0.5, 0.6) is 0 Å². The molecule has 0 heterocycles. The number of hydrogen-bond acceptors (Lipinski definition) is 5. The highest BCUT2D eigenvalue weighted by Crippen LogP contribution is 2.24. The molecular weight excluding hydrogens is 356 g/mol. The van der Waals surface area contributed by atoms with Gasteiger partial charge in [-0.15, -0.1) is 0 Å². The van der Waals surface area contributed by atoms with E-state index in [2.05, 4.69) is 33.1 Å². The van der Waals surface area contributed by atoms with Crippen LogP contribution in [-0.2, 0) is 23.2 Å². The molecule has 25 heavy (non-hydrogen) atoms. The van der Waals surface area contributed by atoms with Crippen molar-refractivity contribution in [3.05, 3.63) is 12.2 Å². The van der Waals surface area contributed by atoms with Crippen LogP contribution in [0.3, 0.4) is 0 Å². The van der Waals surface area contributed by atoms with Gasteiger partial charge in [0.1, 0.15) is 6.61 Å². The quantitative estimate of drug-likeness (QED) is 0.210. The van der Waals surface area contributed by atoms with E-state index in [0.717, 1.165) is 24.6 Å². The zero-order chi connectivity index (χ0) is 19.3. The number of carboxylic acid groups (broad SMARTS) is 1. The summed E-state index contributed by atoms with van der Waals surface area (Å²) in [5.74, 6) is -1.85. The Balaban J connectivity index is 3.82. The second-order valence-corrected chi connectivity index (χ2v) is 16.1. The van der Waals surface area contributed by atoms with Gasteiger partial charge in [-0.3, -0.25) is 0 Å². The average molecular weight is 391 g/mol. The van der Waals surface area contributed by atoms with Crippen molar-refractivity contribution in [3.8, 4) is 0 Å². The lowest BCUT2D eigenvalue weighted by molar-refractivity contribution is -0.140. The number of esters is 1. The lowest BCUT2D eigenvalue weighted by atomic mass is 10.4. The molecule has 0 aliphatic rings. The fraction of sp³-hybridized carbons (Fsp3) is 0.765. The summed E-state index contributed by atoms with van der Waals surface area (Å²) < 4.78 is 16.8. The minimum atomic E-state index is -1.66. The molecule has 0 unspecified atom stereocenters. The normalized spacial score (nSPS) is 12.5. The van der Waals surface area contributed by atoms with E-state index < -0.39 is 28.6 Å². The van der Waals surface area contributed by atoms with Crippen LogP contribution in [0.1, 0.15) is 26.2 Å². The summed E-state index contributed by atoms with van der Waals surface area (Å²) in [6.45, 7) is 12.4. The zero-order valence-corrected chi connectivity index (χ0v) is 18.3. The first-order valence-corrected chi connectivity index (χ1v) is 15.2. The van der Waals surface area contributed by atoms with Gasteiger partial charge in [0.25, 0.3) is 0 Å². The molecule has 0 atom stereocenters. The highest BCUT2D eigenvalue weighted by molar-refractivity contribution is 6.84. The SMILES string of the molecule is CCCC[Si](C)(C)O[Si](C)(C)CCCOCCOC(=O)/C=C\C(=O)O. The predicted octanol–water partition coefficient (Wildman–Crippen LogP) is 3.80. The number of carboxylic acids is 1. The van der Waals surface area contributed by atoms with Crippen LogP contribution >= 0.6 is 0 Å². The predicted molar refractivity (Wildman–Crippen MR) is 104 cm³/mol. The molecule has 8 heteroatoms. The Labute approximate surface area is 153 Å². The van der Waals surface area contributed by atoms with Crippen LogP contribution in [0.25, 0.3) is 0 Å².